The van der Waals surface area contributed by atoms with Crippen molar-refractivity contribution in [2.75, 3.05) is 5.73 Å². The number of rotatable bonds is 4. The van der Waals surface area contributed by atoms with Crippen molar-refractivity contribution in [3.05, 3.63) is 71.0 Å². The average Bonchev–Trinajstić information content (AvgIpc) is 2.60. The molecule has 3 rings (SSSR count). The Hall–Kier alpha value is -2.73. The molecule has 0 aliphatic heterocycles. The van der Waals surface area contributed by atoms with E-state index in [9.17, 15) is 8.78 Å². The molecular formula is C17H12ClF2N3O. The molecule has 0 fully saturated rings. The van der Waals surface area contributed by atoms with Crippen LogP contribution in [0.2, 0.25) is 5.02 Å². The smallest absolute Gasteiger partial charge is 0.166 e. The summed E-state index contributed by atoms with van der Waals surface area (Å²) < 4.78 is 32.7. The van der Waals surface area contributed by atoms with Gasteiger partial charge in [-0.15, -0.1) is 0 Å². The van der Waals surface area contributed by atoms with Gasteiger partial charge in [0.2, 0.25) is 0 Å². The van der Waals surface area contributed by atoms with Gasteiger partial charge in [0.15, 0.2) is 11.6 Å². The Morgan fingerprint density at radius 2 is 1.88 bits per heavy atom. The SMILES string of the molecule is Nc1ncc(-c2ccccn2)cc1OCc1c(F)ccc(F)c1Cl. The lowest BCUT2D eigenvalue weighted by molar-refractivity contribution is 0.300. The van der Waals surface area contributed by atoms with Crippen molar-refractivity contribution in [2.24, 2.45) is 0 Å². The minimum Gasteiger partial charge on any atom is -0.485 e. The van der Waals surface area contributed by atoms with Crippen molar-refractivity contribution in [3.8, 4) is 17.0 Å². The number of halogens is 3. The Labute approximate surface area is 141 Å². The summed E-state index contributed by atoms with van der Waals surface area (Å²) in [6.07, 6.45) is 3.20. The molecule has 1 aromatic carbocycles. The van der Waals surface area contributed by atoms with Crippen molar-refractivity contribution in [1.82, 2.24) is 9.97 Å². The zero-order valence-corrected chi connectivity index (χ0v) is 13.1. The fourth-order valence-corrected chi connectivity index (χ4v) is 2.30. The quantitative estimate of drug-likeness (QED) is 0.717. The molecule has 0 saturated carbocycles. The molecule has 3 aromatic rings. The minimum atomic E-state index is -0.718. The second-order valence-electron chi connectivity index (χ2n) is 4.93. The normalized spacial score (nSPS) is 10.6. The van der Waals surface area contributed by atoms with Crippen molar-refractivity contribution in [1.29, 1.82) is 0 Å². The van der Waals surface area contributed by atoms with Crippen molar-refractivity contribution in [3.63, 3.8) is 0 Å². The third-order valence-electron chi connectivity index (χ3n) is 3.35. The maximum absolute atomic E-state index is 13.8. The van der Waals surface area contributed by atoms with Gasteiger partial charge in [-0.3, -0.25) is 4.98 Å². The van der Waals surface area contributed by atoms with Gasteiger partial charge in [-0.2, -0.15) is 0 Å². The van der Waals surface area contributed by atoms with Crippen molar-refractivity contribution in [2.45, 2.75) is 6.61 Å². The van der Waals surface area contributed by atoms with E-state index >= 15 is 0 Å². The minimum absolute atomic E-state index is 0.0840. The van der Waals surface area contributed by atoms with Crippen LogP contribution in [0.1, 0.15) is 5.56 Å². The topological polar surface area (TPSA) is 61.0 Å². The van der Waals surface area contributed by atoms with Crippen LogP contribution in [0.3, 0.4) is 0 Å². The maximum Gasteiger partial charge on any atom is 0.166 e. The van der Waals surface area contributed by atoms with E-state index in [1.165, 1.54) is 0 Å². The van der Waals surface area contributed by atoms with Gasteiger partial charge in [0.25, 0.3) is 0 Å². The monoisotopic (exact) mass is 347 g/mol. The summed E-state index contributed by atoms with van der Waals surface area (Å²) in [5.74, 6) is -1.01. The lowest BCUT2D eigenvalue weighted by Crippen LogP contribution is -2.04. The molecule has 122 valence electrons. The second-order valence-corrected chi connectivity index (χ2v) is 5.31. The zero-order chi connectivity index (χ0) is 17.1. The third kappa shape index (κ3) is 3.28. The van der Waals surface area contributed by atoms with Gasteiger partial charge in [0.05, 0.1) is 10.7 Å². The van der Waals surface area contributed by atoms with Gasteiger partial charge in [0.1, 0.15) is 18.2 Å². The number of pyridine rings is 2. The van der Waals surface area contributed by atoms with Crippen LogP contribution in [-0.2, 0) is 6.61 Å². The molecule has 7 heteroatoms. The number of nitrogen functional groups attached to an aromatic ring is 1. The second kappa shape index (κ2) is 6.80. The predicted molar refractivity (Wildman–Crippen MR) is 87.6 cm³/mol. The first-order chi connectivity index (χ1) is 11.6. The highest BCUT2D eigenvalue weighted by Gasteiger charge is 2.14. The van der Waals surface area contributed by atoms with Crippen LogP contribution in [0, 0.1) is 11.6 Å². The molecule has 0 aliphatic carbocycles. The molecule has 0 spiro atoms. The number of ether oxygens (including phenoxy) is 1. The zero-order valence-electron chi connectivity index (χ0n) is 12.3. The van der Waals surface area contributed by atoms with Gasteiger partial charge < -0.3 is 10.5 Å². The highest BCUT2D eigenvalue weighted by Crippen LogP contribution is 2.29. The van der Waals surface area contributed by atoms with Crippen LogP contribution < -0.4 is 10.5 Å². The Balaban J connectivity index is 1.87. The summed E-state index contributed by atoms with van der Waals surface area (Å²) in [4.78, 5) is 8.25. The summed E-state index contributed by atoms with van der Waals surface area (Å²) >= 11 is 5.78. The molecule has 2 aromatic heterocycles. The van der Waals surface area contributed by atoms with Crippen LogP contribution in [0.4, 0.5) is 14.6 Å². The van der Waals surface area contributed by atoms with E-state index in [4.69, 9.17) is 22.1 Å². The molecule has 0 bridgehead atoms. The van der Waals surface area contributed by atoms with Gasteiger partial charge in [-0.1, -0.05) is 17.7 Å². The number of nitrogens with two attached hydrogens (primary N) is 1. The van der Waals surface area contributed by atoms with E-state index in [0.29, 0.717) is 11.3 Å². The number of benzene rings is 1. The highest BCUT2D eigenvalue weighted by molar-refractivity contribution is 6.31. The third-order valence-corrected chi connectivity index (χ3v) is 3.76. The predicted octanol–water partition coefficient (Wildman–Crippen LogP) is 4.24. The van der Waals surface area contributed by atoms with Gasteiger partial charge >= 0.3 is 0 Å². The summed E-state index contributed by atoms with van der Waals surface area (Å²) in [5.41, 5.74) is 7.07. The van der Waals surface area contributed by atoms with E-state index in [-0.39, 0.29) is 28.8 Å². The summed E-state index contributed by atoms with van der Waals surface area (Å²) in [6.45, 7) is -0.278. The molecule has 0 saturated heterocycles. The Bertz CT molecular complexity index is 875. The number of nitrogens with zero attached hydrogens (tertiary/aromatic N) is 2. The fraction of sp³-hybridized carbons (Fsp3) is 0.0588. The molecule has 0 aliphatic rings. The van der Waals surface area contributed by atoms with Crippen LogP contribution in [0.15, 0.2) is 48.8 Å². The Kier molecular flexibility index (Phi) is 4.57. The molecule has 0 amide bonds. The fourth-order valence-electron chi connectivity index (χ4n) is 2.10. The van der Waals surface area contributed by atoms with Crippen molar-refractivity contribution >= 4 is 17.4 Å². The standard InChI is InChI=1S/C17H12ClF2N3O/c18-16-11(12(19)4-5-13(16)20)9-24-15-7-10(8-23-17(15)21)14-3-1-2-6-22-14/h1-8H,9H2,(H2,21,23). The van der Waals surface area contributed by atoms with Gasteiger partial charge in [0, 0.05) is 23.5 Å². The summed E-state index contributed by atoms with van der Waals surface area (Å²) in [7, 11) is 0. The molecule has 24 heavy (non-hydrogen) atoms. The van der Waals surface area contributed by atoms with Gasteiger partial charge in [-0.25, -0.2) is 13.8 Å². The first-order valence-electron chi connectivity index (χ1n) is 6.98. The van der Waals surface area contributed by atoms with E-state index in [2.05, 4.69) is 9.97 Å². The van der Waals surface area contributed by atoms with Crippen LogP contribution in [0.5, 0.6) is 5.75 Å². The average molecular weight is 348 g/mol. The Morgan fingerprint density at radius 3 is 2.62 bits per heavy atom. The maximum atomic E-state index is 13.8. The molecule has 2 N–H and O–H groups in total. The largest absolute Gasteiger partial charge is 0.485 e. The molecule has 0 atom stereocenters. The van der Waals surface area contributed by atoms with Crippen molar-refractivity contribution < 1.29 is 13.5 Å². The van der Waals surface area contributed by atoms with Crippen LogP contribution in [-0.4, -0.2) is 9.97 Å². The van der Waals surface area contributed by atoms with Gasteiger partial charge in [-0.05, 0) is 30.3 Å². The Morgan fingerprint density at radius 1 is 1.08 bits per heavy atom. The molecular weight excluding hydrogens is 336 g/mol. The van der Waals surface area contributed by atoms with E-state index in [1.54, 1.807) is 30.6 Å². The highest BCUT2D eigenvalue weighted by atomic mass is 35.5. The molecule has 2 heterocycles. The number of anilines is 1. The first-order valence-corrected chi connectivity index (χ1v) is 7.36. The lowest BCUT2D eigenvalue weighted by Gasteiger charge is -2.12. The summed E-state index contributed by atoms with van der Waals surface area (Å²) in [5, 5.41) is -0.317. The molecule has 0 unspecified atom stereocenters. The number of aromatic nitrogens is 2. The van der Waals surface area contributed by atoms with Crippen LogP contribution in [0.25, 0.3) is 11.3 Å². The van der Waals surface area contributed by atoms with E-state index in [1.807, 2.05) is 6.07 Å². The van der Waals surface area contributed by atoms with E-state index < -0.39 is 11.6 Å². The van der Waals surface area contributed by atoms with E-state index in [0.717, 1.165) is 12.1 Å². The lowest BCUT2D eigenvalue weighted by atomic mass is 10.2. The summed E-state index contributed by atoms with van der Waals surface area (Å²) in [6, 6.07) is 9.02. The number of hydrogen-bond acceptors (Lipinski definition) is 4. The number of hydrogen-bond donors (Lipinski definition) is 1. The van der Waals surface area contributed by atoms with Crippen LogP contribution >= 0.6 is 11.6 Å². The molecule has 0 radical (unpaired) electrons. The molecule has 4 nitrogen and oxygen atoms in total. The first kappa shape index (κ1) is 16.1.